The average molecular weight is 268 g/mol. The number of methoxy groups -OCH3 is 1. The fraction of sp³-hybridized carbons (Fsp3) is 0.909. The van der Waals surface area contributed by atoms with Gasteiger partial charge in [0.1, 0.15) is 6.54 Å². The lowest BCUT2D eigenvalue weighted by Gasteiger charge is -2.26. The standard InChI is InChI=1S/C11H19F3N2O2/c1-3-4-16(7-11(12,13)14)10(17)9-5-8(18-2)6-15-9/h8-9,15H,3-7H2,1-2H3. The highest BCUT2D eigenvalue weighted by Crippen LogP contribution is 2.19. The summed E-state index contributed by atoms with van der Waals surface area (Å²) in [5, 5.41) is 2.90. The summed E-state index contributed by atoms with van der Waals surface area (Å²) in [6, 6.07) is -0.566. The molecule has 1 heterocycles. The monoisotopic (exact) mass is 268 g/mol. The third-order valence-corrected chi connectivity index (χ3v) is 2.90. The van der Waals surface area contributed by atoms with Crippen molar-refractivity contribution in [3.8, 4) is 0 Å². The van der Waals surface area contributed by atoms with Crippen molar-refractivity contribution in [3.63, 3.8) is 0 Å². The second-order valence-electron chi connectivity index (χ2n) is 4.43. The highest BCUT2D eigenvalue weighted by molar-refractivity contribution is 5.82. The molecule has 0 aromatic heterocycles. The van der Waals surface area contributed by atoms with E-state index < -0.39 is 24.7 Å². The second kappa shape index (κ2) is 6.38. The van der Waals surface area contributed by atoms with Gasteiger partial charge in [-0.1, -0.05) is 6.92 Å². The quantitative estimate of drug-likeness (QED) is 0.813. The summed E-state index contributed by atoms with van der Waals surface area (Å²) >= 11 is 0. The van der Waals surface area contributed by atoms with Gasteiger partial charge in [0.05, 0.1) is 12.1 Å². The second-order valence-corrected chi connectivity index (χ2v) is 4.43. The van der Waals surface area contributed by atoms with Gasteiger partial charge in [0, 0.05) is 20.2 Å². The van der Waals surface area contributed by atoms with Gasteiger partial charge in [0.15, 0.2) is 0 Å². The predicted octanol–water partition coefficient (Wildman–Crippen LogP) is 1.16. The Morgan fingerprint density at radius 3 is 2.61 bits per heavy atom. The highest BCUT2D eigenvalue weighted by Gasteiger charge is 2.37. The van der Waals surface area contributed by atoms with E-state index >= 15 is 0 Å². The number of nitrogens with one attached hydrogen (secondary N) is 1. The van der Waals surface area contributed by atoms with Gasteiger partial charge in [-0.15, -0.1) is 0 Å². The minimum atomic E-state index is -4.36. The van der Waals surface area contributed by atoms with Crippen LogP contribution in [0.15, 0.2) is 0 Å². The van der Waals surface area contributed by atoms with Crippen molar-refractivity contribution >= 4 is 5.91 Å². The number of hydrogen-bond acceptors (Lipinski definition) is 3. The maximum absolute atomic E-state index is 12.4. The summed E-state index contributed by atoms with van der Waals surface area (Å²) in [5.74, 6) is -0.492. The summed E-state index contributed by atoms with van der Waals surface area (Å²) in [7, 11) is 1.53. The lowest BCUT2D eigenvalue weighted by atomic mass is 10.1. The molecule has 0 spiro atoms. The first-order valence-corrected chi connectivity index (χ1v) is 5.99. The number of hydrogen-bond donors (Lipinski definition) is 1. The van der Waals surface area contributed by atoms with Crippen molar-refractivity contribution in [2.45, 2.75) is 38.1 Å². The molecule has 1 rings (SSSR count). The molecule has 1 aliphatic heterocycles. The molecule has 2 atom stereocenters. The zero-order valence-electron chi connectivity index (χ0n) is 10.6. The molecule has 0 radical (unpaired) electrons. The van der Waals surface area contributed by atoms with Crippen LogP contribution in [0, 0.1) is 0 Å². The van der Waals surface area contributed by atoms with E-state index in [1.807, 2.05) is 0 Å². The number of halogens is 3. The van der Waals surface area contributed by atoms with Gasteiger partial charge in [0.2, 0.25) is 5.91 Å². The molecule has 1 fully saturated rings. The summed E-state index contributed by atoms with van der Waals surface area (Å²) in [6.07, 6.45) is -3.53. The van der Waals surface area contributed by atoms with Crippen LogP contribution < -0.4 is 5.32 Å². The molecule has 1 saturated heterocycles. The molecule has 1 N–H and O–H groups in total. The highest BCUT2D eigenvalue weighted by atomic mass is 19.4. The van der Waals surface area contributed by atoms with E-state index in [9.17, 15) is 18.0 Å². The average Bonchev–Trinajstić information content (AvgIpc) is 2.74. The molecule has 1 amide bonds. The lowest BCUT2D eigenvalue weighted by molar-refractivity contribution is -0.162. The molecular weight excluding hydrogens is 249 g/mol. The number of amides is 1. The molecule has 0 aromatic carbocycles. The van der Waals surface area contributed by atoms with E-state index in [1.165, 1.54) is 7.11 Å². The van der Waals surface area contributed by atoms with Gasteiger partial charge in [-0.2, -0.15) is 13.2 Å². The molecule has 0 bridgehead atoms. The molecule has 1 aliphatic rings. The van der Waals surface area contributed by atoms with Gasteiger partial charge in [-0.25, -0.2) is 0 Å². The fourth-order valence-corrected chi connectivity index (χ4v) is 2.04. The molecule has 7 heteroatoms. The number of carbonyl (C=O) groups excluding carboxylic acids is 1. The van der Waals surface area contributed by atoms with E-state index in [-0.39, 0.29) is 12.6 Å². The van der Waals surface area contributed by atoms with E-state index in [0.717, 1.165) is 4.90 Å². The minimum Gasteiger partial charge on any atom is -0.380 e. The molecule has 0 aromatic rings. The van der Waals surface area contributed by atoms with Crippen LogP contribution in [0.4, 0.5) is 13.2 Å². The number of nitrogens with zero attached hydrogens (tertiary/aromatic N) is 1. The smallest absolute Gasteiger partial charge is 0.380 e. The largest absolute Gasteiger partial charge is 0.406 e. The van der Waals surface area contributed by atoms with Crippen LogP contribution in [-0.2, 0) is 9.53 Å². The maximum atomic E-state index is 12.4. The zero-order chi connectivity index (χ0) is 13.8. The Bertz CT molecular complexity index is 284. The number of rotatable bonds is 5. The lowest BCUT2D eigenvalue weighted by Crippen LogP contribution is -2.47. The first kappa shape index (κ1) is 15.2. The van der Waals surface area contributed by atoms with Gasteiger partial charge in [-0.05, 0) is 12.8 Å². The molecule has 18 heavy (non-hydrogen) atoms. The Balaban J connectivity index is 2.60. The Morgan fingerprint density at radius 1 is 1.50 bits per heavy atom. The van der Waals surface area contributed by atoms with Crippen LogP contribution in [0.2, 0.25) is 0 Å². The van der Waals surface area contributed by atoms with Crippen molar-refractivity contribution in [2.24, 2.45) is 0 Å². The first-order chi connectivity index (χ1) is 8.37. The van der Waals surface area contributed by atoms with E-state index in [4.69, 9.17) is 4.74 Å². The minimum absolute atomic E-state index is 0.103. The van der Waals surface area contributed by atoms with Crippen molar-refractivity contribution in [1.82, 2.24) is 10.2 Å². The van der Waals surface area contributed by atoms with Gasteiger partial charge >= 0.3 is 6.18 Å². The van der Waals surface area contributed by atoms with Crippen LogP contribution in [0.25, 0.3) is 0 Å². The molecule has 0 aliphatic carbocycles. The number of carbonyl (C=O) groups is 1. The summed E-state index contributed by atoms with van der Waals surface area (Å²) in [6.45, 7) is 1.18. The SMILES string of the molecule is CCCN(CC(F)(F)F)C(=O)C1CC(OC)CN1. The van der Waals surface area contributed by atoms with Gasteiger partial charge in [0.25, 0.3) is 0 Å². The number of alkyl halides is 3. The fourth-order valence-electron chi connectivity index (χ4n) is 2.04. The Morgan fingerprint density at radius 2 is 2.17 bits per heavy atom. The van der Waals surface area contributed by atoms with Crippen LogP contribution in [-0.4, -0.2) is 55.9 Å². The normalized spacial score (nSPS) is 24.3. The summed E-state index contributed by atoms with van der Waals surface area (Å²) in [5.41, 5.74) is 0. The molecule has 0 saturated carbocycles. The van der Waals surface area contributed by atoms with Crippen molar-refractivity contribution < 1.29 is 22.7 Å². The molecule has 2 unspecified atom stereocenters. The maximum Gasteiger partial charge on any atom is 0.406 e. The zero-order valence-corrected chi connectivity index (χ0v) is 10.6. The van der Waals surface area contributed by atoms with E-state index in [1.54, 1.807) is 6.92 Å². The van der Waals surface area contributed by atoms with Crippen molar-refractivity contribution in [3.05, 3.63) is 0 Å². The molecular formula is C11H19F3N2O2. The first-order valence-electron chi connectivity index (χ1n) is 5.99. The molecule has 106 valence electrons. The topological polar surface area (TPSA) is 41.6 Å². The van der Waals surface area contributed by atoms with Gasteiger partial charge < -0.3 is 15.0 Å². The predicted molar refractivity (Wildman–Crippen MR) is 60.1 cm³/mol. The van der Waals surface area contributed by atoms with Crippen LogP contribution in [0.5, 0.6) is 0 Å². The third kappa shape index (κ3) is 4.45. The Labute approximate surface area is 104 Å². The van der Waals surface area contributed by atoms with E-state index in [2.05, 4.69) is 5.32 Å². The summed E-state index contributed by atoms with van der Waals surface area (Å²) < 4.78 is 42.2. The third-order valence-electron chi connectivity index (χ3n) is 2.90. The number of ether oxygens (including phenoxy) is 1. The Hall–Kier alpha value is -0.820. The van der Waals surface area contributed by atoms with Crippen molar-refractivity contribution in [1.29, 1.82) is 0 Å². The van der Waals surface area contributed by atoms with Crippen LogP contribution in [0.3, 0.4) is 0 Å². The van der Waals surface area contributed by atoms with Crippen LogP contribution in [0.1, 0.15) is 19.8 Å². The van der Waals surface area contributed by atoms with Crippen LogP contribution >= 0.6 is 0 Å². The molecule has 4 nitrogen and oxygen atoms in total. The van der Waals surface area contributed by atoms with Gasteiger partial charge in [-0.3, -0.25) is 4.79 Å². The summed E-state index contributed by atoms with van der Waals surface area (Å²) in [4.78, 5) is 12.9. The van der Waals surface area contributed by atoms with E-state index in [0.29, 0.717) is 19.4 Å². The van der Waals surface area contributed by atoms with Crippen molar-refractivity contribution in [2.75, 3.05) is 26.7 Å². The Kier molecular flexibility index (Phi) is 5.40.